The second-order valence-corrected chi connectivity index (χ2v) is 10.2. The van der Waals surface area contributed by atoms with E-state index in [1.165, 1.54) is 44.5 Å². The predicted octanol–water partition coefficient (Wildman–Crippen LogP) is 7.97. The van der Waals surface area contributed by atoms with Crippen molar-refractivity contribution in [2.45, 2.75) is 25.7 Å². The molecule has 0 heterocycles. The highest BCUT2D eigenvalue weighted by molar-refractivity contribution is 5.93. The molecule has 4 aromatic rings. The van der Waals surface area contributed by atoms with Crippen LogP contribution < -0.4 is 9.47 Å². The average molecular weight is 527 g/mol. The highest BCUT2D eigenvalue weighted by atomic mass is 16.5. The molecule has 0 amide bonds. The normalized spacial score (nSPS) is 15.7. The zero-order chi connectivity index (χ0) is 27.6. The lowest BCUT2D eigenvalue weighted by Crippen LogP contribution is -1.93. The molecule has 0 aromatic heterocycles. The third-order valence-electron chi connectivity index (χ3n) is 8.07. The number of fused-ring (bicyclic) bond motifs is 2. The van der Waals surface area contributed by atoms with E-state index in [4.69, 9.17) is 9.47 Å². The van der Waals surface area contributed by atoms with Crippen LogP contribution in [0.1, 0.15) is 66.9 Å². The summed E-state index contributed by atoms with van der Waals surface area (Å²) in [4.78, 5) is 22.6. The van der Waals surface area contributed by atoms with E-state index in [9.17, 15) is 9.59 Å². The van der Waals surface area contributed by atoms with Crippen molar-refractivity contribution in [2.75, 3.05) is 14.2 Å². The maximum absolute atomic E-state index is 11.3. The number of aldehydes is 2. The van der Waals surface area contributed by atoms with E-state index in [0.29, 0.717) is 22.6 Å². The molecule has 0 bridgehead atoms. The molecular formula is C36H30O4. The number of carbonyl (C=O) groups is 2. The van der Waals surface area contributed by atoms with Crippen molar-refractivity contribution in [3.8, 4) is 22.6 Å². The highest BCUT2D eigenvalue weighted by Crippen LogP contribution is 2.44. The Kier molecular flexibility index (Phi) is 6.91. The number of hydrogen-bond acceptors (Lipinski definition) is 4. The Labute approximate surface area is 234 Å². The van der Waals surface area contributed by atoms with Gasteiger partial charge in [0.15, 0.2) is 12.6 Å². The number of hydrogen-bond donors (Lipinski definition) is 0. The minimum Gasteiger partial charge on any atom is -0.496 e. The van der Waals surface area contributed by atoms with Gasteiger partial charge in [-0.1, -0.05) is 60.7 Å². The van der Waals surface area contributed by atoms with Crippen molar-refractivity contribution in [2.24, 2.45) is 0 Å². The Morgan fingerprint density at radius 3 is 1.38 bits per heavy atom. The molecule has 0 unspecified atom stereocenters. The molecule has 0 saturated carbocycles. The fourth-order valence-corrected chi connectivity index (χ4v) is 6.14. The van der Waals surface area contributed by atoms with E-state index in [1.54, 1.807) is 14.2 Å². The SMILES string of the molecule is COc1cc(/C=C2\CCc3c2cccc3-c2cccc3c2CC/C3=C\c2ccc(C=O)c(OC)c2)ccc1C=O. The van der Waals surface area contributed by atoms with Crippen molar-refractivity contribution < 1.29 is 19.1 Å². The number of ether oxygens (including phenoxy) is 2. The largest absolute Gasteiger partial charge is 0.496 e. The van der Waals surface area contributed by atoms with Crippen LogP contribution in [0.25, 0.3) is 34.4 Å². The molecule has 0 aliphatic heterocycles. The quantitative estimate of drug-likeness (QED) is 0.229. The van der Waals surface area contributed by atoms with Crippen LogP contribution in [0.5, 0.6) is 11.5 Å². The van der Waals surface area contributed by atoms with Gasteiger partial charge in [-0.3, -0.25) is 9.59 Å². The van der Waals surface area contributed by atoms with Gasteiger partial charge in [-0.15, -0.1) is 0 Å². The number of rotatable bonds is 7. The van der Waals surface area contributed by atoms with Gasteiger partial charge in [-0.2, -0.15) is 0 Å². The minimum absolute atomic E-state index is 0.558. The Morgan fingerprint density at radius 1 is 0.550 bits per heavy atom. The highest BCUT2D eigenvalue weighted by Gasteiger charge is 2.25. The number of allylic oxidation sites excluding steroid dienone is 2. The first-order chi connectivity index (χ1) is 19.6. The molecule has 0 fully saturated rings. The third-order valence-corrected chi connectivity index (χ3v) is 8.07. The Hall–Kier alpha value is -4.70. The summed E-state index contributed by atoms with van der Waals surface area (Å²) in [6, 6.07) is 24.7. The van der Waals surface area contributed by atoms with Gasteiger partial charge in [0.2, 0.25) is 0 Å². The molecule has 2 aliphatic rings. The van der Waals surface area contributed by atoms with E-state index in [-0.39, 0.29) is 0 Å². The molecule has 40 heavy (non-hydrogen) atoms. The van der Waals surface area contributed by atoms with Gasteiger partial charge in [-0.25, -0.2) is 0 Å². The van der Waals surface area contributed by atoms with Crippen molar-refractivity contribution >= 4 is 35.9 Å². The lowest BCUT2D eigenvalue weighted by atomic mass is 9.91. The van der Waals surface area contributed by atoms with Crippen molar-refractivity contribution in [1.82, 2.24) is 0 Å². The third kappa shape index (κ3) is 4.56. The second-order valence-electron chi connectivity index (χ2n) is 10.2. The second kappa shape index (κ2) is 10.8. The molecule has 0 N–H and O–H groups in total. The summed E-state index contributed by atoms with van der Waals surface area (Å²) in [7, 11) is 3.19. The van der Waals surface area contributed by atoms with Crippen molar-refractivity contribution in [3.63, 3.8) is 0 Å². The Morgan fingerprint density at radius 2 is 0.975 bits per heavy atom. The average Bonchev–Trinajstić information content (AvgIpc) is 3.61. The molecule has 4 heteroatoms. The van der Waals surface area contributed by atoms with Crippen LogP contribution in [-0.2, 0) is 12.8 Å². The van der Waals surface area contributed by atoms with E-state index in [1.807, 2.05) is 36.4 Å². The first-order valence-corrected chi connectivity index (χ1v) is 13.6. The first kappa shape index (κ1) is 25.6. The standard InChI is InChI=1S/C36H30O4/c1-39-35-19-23(9-11-27(35)21-37)17-25-13-15-33-29(25)5-3-7-31(33)32-8-4-6-30-26(14-16-34(30)32)18-24-10-12-28(22-38)36(20-24)40-2/h3-12,17-22H,13-16H2,1-2H3/b25-17+,26-18+. The van der Waals surface area contributed by atoms with E-state index >= 15 is 0 Å². The summed E-state index contributed by atoms with van der Waals surface area (Å²) >= 11 is 0. The van der Waals surface area contributed by atoms with Gasteiger partial charge in [0.25, 0.3) is 0 Å². The minimum atomic E-state index is 0.558. The van der Waals surface area contributed by atoms with Crippen LogP contribution in [0.2, 0.25) is 0 Å². The van der Waals surface area contributed by atoms with Crippen LogP contribution >= 0.6 is 0 Å². The molecule has 4 aromatic carbocycles. The van der Waals surface area contributed by atoms with Gasteiger partial charge < -0.3 is 9.47 Å². The molecule has 0 atom stereocenters. The van der Waals surface area contributed by atoms with Crippen molar-refractivity contribution in [3.05, 3.63) is 117 Å². The fraction of sp³-hybridized carbons (Fsp3) is 0.167. The Bertz CT molecular complexity index is 1580. The van der Waals surface area contributed by atoms with E-state index < -0.39 is 0 Å². The lowest BCUT2D eigenvalue weighted by molar-refractivity contribution is 0.111. The zero-order valence-corrected chi connectivity index (χ0v) is 22.7. The maximum Gasteiger partial charge on any atom is 0.153 e. The van der Waals surface area contributed by atoms with Crippen LogP contribution in [0.4, 0.5) is 0 Å². The molecule has 4 nitrogen and oxygen atoms in total. The summed E-state index contributed by atoms with van der Waals surface area (Å²) in [5, 5.41) is 0. The molecule has 0 spiro atoms. The van der Waals surface area contributed by atoms with Gasteiger partial charge in [-0.05, 0) is 106 Å². The van der Waals surface area contributed by atoms with Crippen LogP contribution in [0.15, 0.2) is 72.8 Å². The van der Waals surface area contributed by atoms with Gasteiger partial charge in [0.05, 0.1) is 25.3 Å². The molecule has 6 rings (SSSR count). The van der Waals surface area contributed by atoms with E-state index in [0.717, 1.165) is 49.4 Å². The monoisotopic (exact) mass is 526 g/mol. The topological polar surface area (TPSA) is 52.6 Å². The fourth-order valence-electron chi connectivity index (χ4n) is 6.14. The molecule has 198 valence electrons. The summed E-state index contributed by atoms with van der Waals surface area (Å²) in [5.74, 6) is 1.19. The van der Waals surface area contributed by atoms with E-state index in [2.05, 4.69) is 48.6 Å². The lowest BCUT2D eigenvalue weighted by Gasteiger charge is -2.13. The summed E-state index contributed by atoms with van der Waals surface area (Å²) in [6.45, 7) is 0. The Balaban J connectivity index is 1.36. The zero-order valence-electron chi connectivity index (χ0n) is 22.7. The summed E-state index contributed by atoms with van der Waals surface area (Å²) in [6.07, 6.45) is 10.0. The van der Waals surface area contributed by atoms with Crippen LogP contribution in [0, 0.1) is 0 Å². The molecule has 0 saturated heterocycles. The molecule has 2 aliphatic carbocycles. The smallest absolute Gasteiger partial charge is 0.153 e. The number of methoxy groups -OCH3 is 2. The van der Waals surface area contributed by atoms with Gasteiger partial charge >= 0.3 is 0 Å². The van der Waals surface area contributed by atoms with Gasteiger partial charge in [0.1, 0.15) is 11.5 Å². The number of benzene rings is 4. The van der Waals surface area contributed by atoms with Crippen LogP contribution in [0.3, 0.4) is 0 Å². The van der Waals surface area contributed by atoms with Gasteiger partial charge in [0, 0.05) is 0 Å². The first-order valence-electron chi connectivity index (χ1n) is 13.6. The molecular weight excluding hydrogens is 496 g/mol. The predicted molar refractivity (Wildman–Crippen MR) is 161 cm³/mol. The molecule has 0 radical (unpaired) electrons. The summed E-state index contributed by atoms with van der Waals surface area (Å²) < 4.78 is 10.8. The maximum atomic E-state index is 11.3. The number of carbonyl (C=O) groups excluding carboxylic acids is 2. The van der Waals surface area contributed by atoms with Crippen LogP contribution in [-0.4, -0.2) is 26.8 Å². The van der Waals surface area contributed by atoms with Crippen molar-refractivity contribution in [1.29, 1.82) is 0 Å². The summed E-state index contributed by atoms with van der Waals surface area (Å²) in [5.41, 5.74) is 13.8.